The molecule has 412 valence electrons. The van der Waals surface area contributed by atoms with E-state index in [9.17, 15) is 37.9 Å². The Morgan fingerprint density at radius 2 is 0.857 bits per heavy atom. The van der Waals surface area contributed by atoms with E-state index >= 15 is 0 Å². The highest BCUT2D eigenvalue weighted by atomic mass is 32.2. The van der Waals surface area contributed by atoms with Crippen LogP contribution in [0.15, 0.2) is 24.3 Å². The fourth-order valence-electron chi connectivity index (χ4n) is 9.06. The Balaban J connectivity index is 2.31. The Morgan fingerprint density at radius 1 is 0.486 bits per heavy atom. The highest BCUT2D eigenvalue weighted by Crippen LogP contribution is 2.24. The van der Waals surface area contributed by atoms with Gasteiger partial charge < -0.3 is 34.3 Å². The van der Waals surface area contributed by atoms with Crippen LogP contribution in [-0.4, -0.2) is 96.0 Å². The molecule has 1 rings (SSSR count). The van der Waals surface area contributed by atoms with Crippen LogP contribution in [0.25, 0.3) is 0 Å². The minimum Gasteiger partial charge on any atom is -0.462 e. The zero-order chi connectivity index (χ0) is 51.2. The summed E-state index contributed by atoms with van der Waals surface area (Å²) in [5, 5.41) is 31.1. The molecule has 0 bridgehead atoms. The third kappa shape index (κ3) is 40.6. The Morgan fingerprint density at radius 3 is 1.26 bits per heavy atom. The number of aliphatic hydroxyl groups is 3. The van der Waals surface area contributed by atoms with Gasteiger partial charge in [-0.25, -0.2) is 0 Å². The average molecular weight is 1020 g/mol. The molecule has 12 nitrogen and oxygen atoms in total. The van der Waals surface area contributed by atoms with E-state index in [4.69, 9.17) is 18.9 Å². The Labute approximate surface area is 428 Å². The topological polar surface area (TPSA) is 186 Å². The summed E-state index contributed by atoms with van der Waals surface area (Å²) in [6.07, 6.45) is 46.4. The fourth-order valence-corrected chi connectivity index (χ4v) is 9.75. The van der Waals surface area contributed by atoms with Gasteiger partial charge in [0.25, 0.3) is 10.1 Å². The standard InChI is InChI=1S/C57H106O12S/c1-3-5-7-9-11-13-15-17-19-21-23-25-27-29-31-33-35-37-39-41-43-45-52(58)66-47-50(48-67-57-56(62)55(61)54(60)51(69-57)49-70(63,64)65)68-53(59)46-44-42-40-38-36-34-32-30-28-26-24-22-20-18-16-14-12-10-8-6-4-2/h16,18,22,24,50-51,54-57,60-62H,3-15,17,19-21,23,25-49H2,1-2H3,(H,63,64,65)/b18-16-,24-22-. The van der Waals surface area contributed by atoms with E-state index in [2.05, 4.69) is 38.2 Å². The Kier molecular flexibility index (Phi) is 44.3. The molecule has 0 spiro atoms. The minimum atomic E-state index is -4.61. The van der Waals surface area contributed by atoms with Gasteiger partial charge in [-0.1, -0.05) is 237 Å². The minimum absolute atomic E-state index is 0.163. The lowest BCUT2D eigenvalue weighted by atomic mass is 10.00. The smallest absolute Gasteiger partial charge is 0.306 e. The molecule has 1 aliphatic heterocycles. The van der Waals surface area contributed by atoms with Crippen molar-refractivity contribution in [2.75, 3.05) is 19.0 Å². The average Bonchev–Trinajstić information content (AvgIpc) is 3.33. The number of aliphatic hydroxyl groups excluding tert-OH is 3. The van der Waals surface area contributed by atoms with E-state index < -0.39 is 71.2 Å². The first-order valence-electron chi connectivity index (χ1n) is 28.9. The lowest BCUT2D eigenvalue weighted by Crippen LogP contribution is -2.60. The molecule has 1 aliphatic rings. The molecule has 0 aromatic heterocycles. The highest BCUT2D eigenvalue weighted by Gasteiger charge is 2.46. The second kappa shape index (κ2) is 46.9. The van der Waals surface area contributed by atoms with Crippen molar-refractivity contribution in [2.24, 2.45) is 0 Å². The van der Waals surface area contributed by atoms with Gasteiger partial charge in [0.2, 0.25) is 0 Å². The van der Waals surface area contributed by atoms with Crippen molar-refractivity contribution in [3.63, 3.8) is 0 Å². The van der Waals surface area contributed by atoms with Crippen molar-refractivity contribution in [2.45, 2.75) is 307 Å². The van der Waals surface area contributed by atoms with Gasteiger partial charge in [-0.2, -0.15) is 8.42 Å². The molecule has 0 aliphatic carbocycles. The molecule has 0 saturated carbocycles. The first-order chi connectivity index (χ1) is 34.0. The van der Waals surface area contributed by atoms with E-state index in [0.717, 1.165) is 51.4 Å². The molecular formula is C57H106O12S. The van der Waals surface area contributed by atoms with E-state index in [-0.39, 0.29) is 19.4 Å². The number of allylic oxidation sites excluding steroid dienone is 4. The molecule has 13 heteroatoms. The van der Waals surface area contributed by atoms with Crippen LogP contribution < -0.4 is 0 Å². The van der Waals surface area contributed by atoms with Crippen molar-refractivity contribution in [1.82, 2.24) is 0 Å². The number of rotatable bonds is 50. The van der Waals surface area contributed by atoms with E-state index in [0.29, 0.717) is 12.8 Å². The molecule has 6 unspecified atom stereocenters. The lowest BCUT2D eigenvalue weighted by molar-refractivity contribution is -0.297. The van der Waals surface area contributed by atoms with Crippen LogP contribution in [-0.2, 0) is 38.7 Å². The summed E-state index contributed by atoms with van der Waals surface area (Å²) in [7, 11) is -4.61. The number of hydrogen-bond donors (Lipinski definition) is 4. The van der Waals surface area contributed by atoms with Crippen LogP contribution in [0.5, 0.6) is 0 Å². The maximum atomic E-state index is 12.9. The maximum absolute atomic E-state index is 12.9. The molecule has 6 atom stereocenters. The summed E-state index contributed by atoms with van der Waals surface area (Å²) < 4.78 is 54.4. The fraction of sp³-hybridized carbons (Fsp3) is 0.895. The quantitative estimate of drug-likeness (QED) is 0.0196. The van der Waals surface area contributed by atoms with Gasteiger partial charge in [0.1, 0.15) is 36.8 Å². The molecule has 70 heavy (non-hydrogen) atoms. The summed E-state index contributed by atoms with van der Waals surface area (Å²) in [6, 6.07) is 0. The molecule has 1 saturated heterocycles. The maximum Gasteiger partial charge on any atom is 0.306 e. The first kappa shape index (κ1) is 66.1. The predicted octanol–water partition coefficient (Wildman–Crippen LogP) is 13.9. The van der Waals surface area contributed by atoms with Crippen molar-refractivity contribution in [3.8, 4) is 0 Å². The Bertz CT molecular complexity index is 1370. The van der Waals surface area contributed by atoms with Gasteiger partial charge in [-0.3, -0.25) is 14.1 Å². The van der Waals surface area contributed by atoms with Crippen LogP contribution in [0.4, 0.5) is 0 Å². The number of esters is 2. The first-order valence-corrected chi connectivity index (χ1v) is 30.5. The third-order valence-corrected chi connectivity index (χ3v) is 14.3. The van der Waals surface area contributed by atoms with Crippen LogP contribution in [0, 0.1) is 0 Å². The van der Waals surface area contributed by atoms with Gasteiger partial charge >= 0.3 is 11.9 Å². The van der Waals surface area contributed by atoms with E-state index in [1.807, 2.05) is 0 Å². The summed E-state index contributed by atoms with van der Waals surface area (Å²) in [5.41, 5.74) is 0. The zero-order valence-corrected chi connectivity index (χ0v) is 45.5. The van der Waals surface area contributed by atoms with Crippen molar-refractivity contribution in [3.05, 3.63) is 24.3 Å². The highest BCUT2D eigenvalue weighted by molar-refractivity contribution is 7.85. The van der Waals surface area contributed by atoms with Gasteiger partial charge in [-0.05, 0) is 44.9 Å². The van der Waals surface area contributed by atoms with Crippen molar-refractivity contribution >= 4 is 22.1 Å². The second-order valence-corrected chi connectivity index (χ2v) is 21.8. The molecule has 1 fully saturated rings. The molecule has 1 heterocycles. The van der Waals surface area contributed by atoms with Crippen LogP contribution in [0.2, 0.25) is 0 Å². The lowest BCUT2D eigenvalue weighted by Gasteiger charge is -2.40. The largest absolute Gasteiger partial charge is 0.462 e. The number of unbranched alkanes of at least 4 members (excludes halogenated alkanes) is 34. The number of hydrogen-bond acceptors (Lipinski definition) is 11. The van der Waals surface area contributed by atoms with E-state index in [1.54, 1.807) is 0 Å². The number of ether oxygens (including phenoxy) is 4. The molecule has 4 N–H and O–H groups in total. The van der Waals surface area contributed by atoms with Gasteiger partial charge in [0.15, 0.2) is 12.4 Å². The molecular weight excluding hydrogens is 909 g/mol. The summed E-state index contributed by atoms with van der Waals surface area (Å²) in [5.74, 6) is -1.97. The molecule has 0 aromatic rings. The van der Waals surface area contributed by atoms with E-state index in [1.165, 1.54) is 180 Å². The van der Waals surface area contributed by atoms with Crippen molar-refractivity contribution in [1.29, 1.82) is 0 Å². The summed E-state index contributed by atoms with van der Waals surface area (Å²) >= 11 is 0. The van der Waals surface area contributed by atoms with Gasteiger partial charge in [0.05, 0.1) is 6.61 Å². The molecule has 0 radical (unpaired) electrons. The monoisotopic (exact) mass is 1010 g/mol. The SMILES string of the molecule is CCCCCCC/C=C\C/C=C\CCCCCCCCCCCC(=O)OC(COC(=O)CCCCCCCCCCCCCCCCCCCCCCC)COC1OC(CS(=O)(=O)O)C(O)C(O)C1O. The Hall–Kier alpha value is -1.87. The molecule has 0 amide bonds. The summed E-state index contributed by atoms with van der Waals surface area (Å²) in [4.78, 5) is 25.6. The number of carbonyl (C=O) groups excluding carboxylic acids is 2. The zero-order valence-electron chi connectivity index (χ0n) is 44.6. The van der Waals surface area contributed by atoms with Crippen LogP contribution in [0.3, 0.4) is 0 Å². The normalized spacial score (nSPS) is 19.1. The summed E-state index contributed by atoms with van der Waals surface area (Å²) in [6.45, 7) is 3.81. The third-order valence-electron chi connectivity index (χ3n) is 13.5. The second-order valence-electron chi connectivity index (χ2n) is 20.3. The predicted molar refractivity (Wildman–Crippen MR) is 284 cm³/mol. The van der Waals surface area contributed by atoms with Crippen molar-refractivity contribution < 1.29 is 56.8 Å². The van der Waals surface area contributed by atoms with Gasteiger partial charge in [0, 0.05) is 12.8 Å². The number of carbonyl (C=O) groups is 2. The van der Waals surface area contributed by atoms with Crippen LogP contribution in [0.1, 0.15) is 271 Å². The van der Waals surface area contributed by atoms with Gasteiger partial charge in [-0.15, -0.1) is 0 Å². The van der Waals surface area contributed by atoms with Crippen LogP contribution >= 0.6 is 0 Å². The molecule has 0 aromatic carbocycles.